The molecule has 0 spiro atoms. The van der Waals surface area contributed by atoms with Gasteiger partial charge >= 0.3 is 0 Å². The molecule has 0 amide bonds. The zero-order valence-corrected chi connectivity index (χ0v) is 9.55. The smallest absolute Gasteiger partial charge is 0 e. The van der Waals surface area contributed by atoms with Crippen LogP contribution in [-0.2, 0) is 37.5 Å². The average molecular weight is 221 g/mol. The van der Waals surface area contributed by atoms with E-state index >= 15 is 0 Å². The Morgan fingerprint density at radius 1 is 1.78 bits per heavy atom. The van der Waals surface area contributed by atoms with Crippen LogP contribution in [0.3, 0.4) is 0 Å². The van der Waals surface area contributed by atoms with Gasteiger partial charge in [0.05, 0.1) is 0 Å². The van der Waals surface area contributed by atoms with Gasteiger partial charge in [-0.05, 0) is 6.54 Å². The molecule has 9 heavy (non-hydrogen) atoms. The van der Waals surface area contributed by atoms with Crippen LogP contribution in [0.5, 0.6) is 0 Å². The predicted octanol–water partition coefficient (Wildman–Crippen LogP) is 0.499. The van der Waals surface area contributed by atoms with E-state index in [1.165, 1.54) is 0 Å². The van der Waals surface area contributed by atoms with Crippen LogP contribution in [0.25, 0.3) is 0 Å². The summed E-state index contributed by atoms with van der Waals surface area (Å²) >= 11 is 0. The molecule has 2 unspecified atom stereocenters. The van der Waals surface area contributed by atoms with Crippen LogP contribution in [0.15, 0.2) is 0 Å². The second-order valence-corrected chi connectivity index (χ2v) is 2.17. The van der Waals surface area contributed by atoms with E-state index in [2.05, 4.69) is 14.5 Å². The van der Waals surface area contributed by atoms with E-state index in [0.717, 1.165) is 13.0 Å². The van der Waals surface area contributed by atoms with Crippen molar-refractivity contribution >= 4 is 15.7 Å². The van der Waals surface area contributed by atoms with E-state index < -0.39 is 0 Å². The van der Waals surface area contributed by atoms with Crippen LogP contribution in [0.1, 0.15) is 13.3 Å². The van der Waals surface area contributed by atoms with Gasteiger partial charge in [0, 0.05) is 32.7 Å². The van der Waals surface area contributed by atoms with E-state index in [1.807, 2.05) is 13.2 Å². The van der Waals surface area contributed by atoms with Gasteiger partial charge < -0.3 is 9.88 Å². The molecule has 0 saturated heterocycles. The molecule has 0 aromatic heterocycles. The summed E-state index contributed by atoms with van der Waals surface area (Å²) in [6.45, 7) is 2.72. The maximum Gasteiger partial charge on any atom is 0 e. The van der Waals surface area contributed by atoms with Crippen LogP contribution in [0.2, 0.25) is 0 Å². The Morgan fingerprint density at radius 3 is 2.67 bits per heavy atom. The van der Waals surface area contributed by atoms with Crippen molar-refractivity contribution in [1.82, 2.24) is 5.09 Å². The maximum absolute atomic E-state index is 9.85. The summed E-state index contributed by atoms with van der Waals surface area (Å²) in [4.78, 5) is 9.85. The first-order chi connectivity index (χ1) is 3.81. The molecule has 0 aromatic rings. The molecule has 0 aliphatic rings. The van der Waals surface area contributed by atoms with Crippen molar-refractivity contribution in [2.24, 2.45) is 5.92 Å². The Bertz CT molecular complexity index is 72.0. The summed E-state index contributed by atoms with van der Waals surface area (Å²) < 4.78 is 0. The first kappa shape index (κ1) is 12.8. The summed E-state index contributed by atoms with van der Waals surface area (Å²) in [7, 11) is 2.39. The SMILES string of the molecule is CC([C-]=O)CCNP.[Y]. The fourth-order valence-corrected chi connectivity index (χ4v) is 0.525. The van der Waals surface area contributed by atoms with E-state index in [-0.39, 0.29) is 38.6 Å². The molecule has 0 bridgehead atoms. The zero-order chi connectivity index (χ0) is 6.41. The summed E-state index contributed by atoms with van der Waals surface area (Å²) in [5.41, 5.74) is 0. The molecule has 51 valence electrons. The number of nitrogens with one attached hydrogen (secondary N) is 1. The Kier molecular flexibility index (Phi) is 13.0. The van der Waals surface area contributed by atoms with Crippen molar-refractivity contribution in [2.75, 3.05) is 6.54 Å². The topological polar surface area (TPSA) is 29.1 Å². The van der Waals surface area contributed by atoms with Crippen molar-refractivity contribution in [3.63, 3.8) is 0 Å². The minimum Gasteiger partial charge on any atom is -0.542 e. The maximum atomic E-state index is 9.85. The minimum atomic E-state index is 0. The van der Waals surface area contributed by atoms with Gasteiger partial charge in [-0.1, -0.05) is 22.7 Å². The van der Waals surface area contributed by atoms with Gasteiger partial charge in [0.15, 0.2) is 0 Å². The first-order valence-corrected chi connectivity index (χ1v) is 3.20. The van der Waals surface area contributed by atoms with Gasteiger partial charge in [0.25, 0.3) is 0 Å². The molecule has 2 nitrogen and oxygen atoms in total. The third-order valence-electron chi connectivity index (χ3n) is 0.923. The van der Waals surface area contributed by atoms with E-state index in [4.69, 9.17) is 0 Å². The molecule has 0 aliphatic heterocycles. The molecule has 0 heterocycles. The molecule has 1 N–H and O–H groups in total. The van der Waals surface area contributed by atoms with Gasteiger partial charge in [0.2, 0.25) is 0 Å². The molecular weight excluding hydrogens is 210 g/mol. The second kappa shape index (κ2) is 9.16. The largest absolute Gasteiger partial charge is 0.542 e. The van der Waals surface area contributed by atoms with Crippen LogP contribution in [0.4, 0.5) is 0 Å². The van der Waals surface area contributed by atoms with Crippen molar-refractivity contribution in [3.05, 3.63) is 0 Å². The number of rotatable bonds is 4. The van der Waals surface area contributed by atoms with Crippen molar-refractivity contribution in [2.45, 2.75) is 13.3 Å². The van der Waals surface area contributed by atoms with Gasteiger partial charge in [-0.25, -0.2) is 0 Å². The second-order valence-electron chi connectivity index (χ2n) is 1.76. The summed E-state index contributed by atoms with van der Waals surface area (Å²) in [5.74, 6) is 0.0723. The average Bonchev–Trinajstić information content (AvgIpc) is 1.83. The zero-order valence-electron chi connectivity index (χ0n) is 5.55. The minimum absolute atomic E-state index is 0. The number of hydrogen-bond donors (Lipinski definition) is 1. The van der Waals surface area contributed by atoms with Crippen molar-refractivity contribution < 1.29 is 37.5 Å². The van der Waals surface area contributed by atoms with E-state index in [1.54, 1.807) is 0 Å². The molecule has 0 saturated carbocycles. The van der Waals surface area contributed by atoms with Gasteiger partial charge in [-0.3, -0.25) is 6.29 Å². The normalized spacial score (nSPS) is 11.8. The molecule has 0 aromatic carbocycles. The standard InChI is InChI=1S/C5H11NOP.Y/c1-5(4-7)2-3-6-8;/h5-6H,2-3,8H2,1H3;/q-1;. The quantitative estimate of drug-likeness (QED) is 0.553. The number of hydrogen-bond acceptors (Lipinski definition) is 2. The summed E-state index contributed by atoms with van der Waals surface area (Å²) in [6.07, 6.45) is 2.77. The van der Waals surface area contributed by atoms with Gasteiger partial charge in [0.1, 0.15) is 0 Å². The van der Waals surface area contributed by atoms with E-state index in [0.29, 0.717) is 0 Å². The van der Waals surface area contributed by atoms with Crippen LogP contribution < -0.4 is 5.09 Å². The molecule has 1 radical (unpaired) electrons. The van der Waals surface area contributed by atoms with Crippen LogP contribution in [0, 0.1) is 5.92 Å². The molecule has 0 fully saturated rings. The summed E-state index contributed by atoms with van der Waals surface area (Å²) in [6, 6.07) is 0. The van der Waals surface area contributed by atoms with Crippen LogP contribution in [-0.4, -0.2) is 12.8 Å². The molecular formula is C5H11NOPY-. The summed E-state index contributed by atoms with van der Waals surface area (Å²) in [5, 5.41) is 2.87. The van der Waals surface area contributed by atoms with Gasteiger partial charge in [-0.15, -0.1) is 5.92 Å². The molecule has 2 atom stereocenters. The van der Waals surface area contributed by atoms with Crippen LogP contribution >= 0.6 is 9.39 Å². The Morgan fingerprint density at radius 2 is 2.33 bits per heavy atom. The predicted molar refractivity (Wildman–Crippen MR) is 37.2 cm³/mol. The Balaban J connectivity index is 0. The number of carbonyl (C=O) groups excluding carboxylic acids is 1. The Hall–Kier alpha value is 1.16. The molecule has 0 rings (SSSR count). The fourth-order valence-electron chi connectivity index (χ4n) is 0.359. The monoisotopic (exact) mass is 221 g/mol. The van der Waals surface area contributed by atoms with E-state index in [9.17, 15) is 4.79 Å². The third kappa shape index (κ3) is 9.16. The van der Waals surface area contributed by atoms with Gasteiger partial charge in [-0.2, -0.15) is 0 Å². The van der Waals surface area contributed by atoms with Crippen molar-refractivity contribution in [1.29, 1.82) is 0 Å². The fraction of sp³-hybridized carbons (Fsp3) is 0.800. The third-order valence-corrected chi connectivity index (χ3v) is 1.21. The first-order valence-electron chi connectivity index (χ1n) is 2.62. The molecule has 4 heteroatoms. The van der Waals surface area contributed by atoms with Crippen molar-refractivity contribution in [3.8, 4) is 0 Å². The molecule has 0 aliphatic carbocycles. The Labute approximate surface area is 83.7 Å².